The Morgan fingerprint density at radius 3 is 1.93 bits per heavy atom. The van der Waals surface area contributed by atoms with Crippen molar-refractivity contribution >= 4 is 88.9 Å². The number of hydrogen-bond donors (Lipinski definition) is 10. The van der Waals surface area contributed by atoms with Gasteiger partial charge in [0, 0.05) is 85.2 Å². The van der Waals surface area contributed by atoms with Gasteiger partial charge in [-0.2, -0.15) is 0 Å². The number of anilines is 1. The number of rotatable bonds is 43. The number of methoxy groups -OCH3 is 2. The summed E-state index contributed by atoms with van der Waals surface area (Å²) in [6.45, 7) is 17.5. The van der Waals surface area contributed by atoms with Gasteiger partial charge in [-0.1, -0.05) is 118 Å². The Bertz CT molecular complexity index is 3490. The van der Waals surface area contributed by atoms with Crippen molar-refractivity contribution in [1.82, 2.24) is 56.4 Å². The number of likely N-dealkylation sites (tertiary alicyclic amines) is 2. The van der Waals surface area contributed by atoms with Crippen LogP contribution in [0, 0.1) is 29.6 Å². The van der Waals surface area contributed by atoms with Gasteiger partial charge >= 0.3 is 24.2 Å². The molecule has 0 radical (unpaired) electrons. The fourth-order valence-electron chi connectivity index (χ4n) is 14.1. The van der Waals surface area contributed by atoms with Crippen LogP contribution < -0.4 is 43.0 Å². The summed E-state index contributed by atoms with van der Waals surface area (Å²) >= 11 is 0. The molecule has 0 saturated carbocycles. The van der Waals surface area contributed by atoms with Crippen LogP contribution in [0.2, 0.25) is 0 Å². The van der Waals surface area contributed by atoms with Crippen molar-refractivity contribution in [3.63, 3.8) is 0 Å². The zero-order chi connectivity index (χ0) is 81.8. The van der Waals surface area contributed by atoms with E-state index in [2.05, 4.69) is 37.2 Å². The molecule has 110 heavy (non-hydrogen) atoms. The number of hydrogen-bond acceptors (Lipinski definition) is 19. The van der Waals surface area contributed by atoms with Crippen molar-refractivity contribution in [3.8, 4) is 0 Å². The highest BCUT2D eigenvalue weighted by Crippen LogP contribution is 2.31. The molecule has 14 amide bonds. The maximum Gasteiger partial charge on any atom is 0.410 e. The fourth-order valence-corrected chi connectivity index (χ4v) is 14.1. The first kappa shape index (κ1) is 90.9. The molecule has 5 rings (SSSR count). The second-order valence-corrected chi connectivity index (χ2v) is 29.6. The van der Waals surface area contributed by atoms with Crippen LogP contribution in [0.15, 0.2) is 66.7 Å². The first-order chi connectivity index (χ1) is 52.0. The number of nitrogens with one attached hydrogen (secondary N) is 7. The van der Waals surface area contributed by atoms with E-state index in [1.165, 1.54) is 55.4 Å². The third-order valence-electron chi connectivity index (χ3n) is 20.5. The SMILES string of the molecule is CC[C@H](C)[C@@H]([C@@H](CC(=O)N1CCC[C@H]1[C@H](OC)[C@@H](C)C(=O)N[C@H](C)[C@@H](O)c1ccccc1)OC)N(C)C(=O)[C@@H](NC(=O)[C@H](C(C)C)N(C)C(=O)OCc1ccc(NC(=O)[C@H](CCCNC(N)=O)NC(=O)[C@@H](NC(=O)C2C[C@@H](OC(=O)NCCC(=O)O)CN2C(=O)CCCCCN2C(=O)C=CC2=O)C(C)C)cc1)C(C)C. The molecule has 0 bridgehead atoms. The number of benzene rings is 2. The second kappa shape index (κ2) is 44.2. The molecule has 3 aliphatic heterocycles. The van der Waals surface area contributed by atoms with Crippen LogP contribution in [0.1, 0.15) is 164 Å². The topological polar surface area (TPSA) is 443 Å². The van der Waals surface area contributed by atoms with Crippen LogP contribution in [0.5, 0.6) is 0 Å². The minimum atomic E-state index is -1.30. The normalized spacial score (nSPS) is 18.5. The van der Waals surface area contributed by atoms with Crippen molar-refractivity contribution < 1.29 is 96.3 Å². The maximum absolute atomic E-state index is 14.9. The summed E-state index contributed by atoms with van der Waals surface area (Å²) in [5.41, 5.74) is 6.67. The highest BCUT2D eigenvalue weighted by atomic mass is 16.6. The van der Waals surface area contributed by atoms with Gasteiger partial charge in [-0.25, -0.2) is 14.4 Å². The number of carboxylic acid groups (broad SMARTS) is 1. The molecule has 2 aromatic carbocycles. The number of imide groups is 1. The Kier molecular flexibility index (Phi) is 36.5. The van der Waals surface area contributed by atoms with Gasteiger partial charge in [0.15, 0.2) is 0 Å². The molecule has 3 aliphatic rings. The minimum Gasteiger partial charge on any atom is -0.481 e. The number of carboxylic acids is 1. The number of carbonyl (C=O) groups excluding carboxylic acids is 13. The van der Waals surface area contributed by atoms with Gasteiger partial charge in [-0.15, -0.1) is 0 Å². The summed E-state index contributed by atoms with van der Waals surface area (Å²) in [7, 11) is 6.01. The molecular formula is C77H117N13O20. The van der Waals surface area contributed by atoms with E-state index >= 15 is 0 Å². The molecule has 2 aromatic rings. The van der Waals surface area contributed by atoms with Gasteiger partial charge in [0.2, 0.25) is 47.3 Å². The largest absolute Gasteiger partial charge is 0.481 e. The summed E-state index contributed by atoms with van der Waals surface area (Å²) in [5.74, 6) is -8.93. The molecule has 610 valence electrons. The average Bonchev–Trinajstić information content (AvgIpc) is 1.46. The van der Waals surface area contributed by atoms with E-state index in [-0.39, 0.29) is 88.3 Å². The third kappa shape index (κ3) is 26.5. The van der Waals surface area contributed by atoms with Crippen molar-refractivity contribution in [2.24, 2.45) is 35.3 Å². The van der Waals surface area contributed by atoms with Gasteiger partial charge in [0.05, 0.1) is 61.7 Å². The lowest BCUT2D eigenvalue weighted by Gasteiger charge is -2.41. The average molecular weight is 1540 g/mol. The maximum atomic E-state index is 14.9. The van der Waals surface area contributed by atoms with E-state index < -0.39 is 174 Å². The Morgan fingerprint density at radius 1 is 0.682 bits per heavy atom. The molecule has 2 fully saturated rings. The Labute approximate surface area is 644 Å². The van der Waals surface area contributed by atoms with Crippen LogP contribution in [0.4, 0.5) is 20.1 Å². The molecule has 0 aromatic heterocycles. The van der Waals surface area contributed by atoms with E-state index in [1.54, 1.807) is 104 Å². The molecule has 0 aliphatic carbocycles. The smallest absolute Gasteiger partial charge is 0.410 e. The lowest BCUT2D eigenvalue weighted by Crippen LogP contribution is -2.60. The van der Waals surface area contributed by atoms with Gasteiger partial charge in [0.25, 0.3) is 11.8 Å². The third-order valence-corrected chi connectivity index (χ3v) is 20.5. The van der Waals surface area contributed by atoms with E-state index in [9.17, 15) is 72.2 Å². The summed E-state index contributed by atoms with van der Waals surface area (Å²) in [5, 5.41) is 38.8. The number of aliphatic carboxylic acids is 1. The Hall–Kier alpha value is -9.76. The zero-order valence-electron chi connectivity index (χ0n) is 66.0. The van der Waals surface area contributed by atoms with Crippen LogP contribution in [-0.4, -0.2) is 246 Å². The number of alkyl carbamates (subject to hydrolysis) is 1. The molecule has 33 nitrogen and oxygen atoms in total. The number of carbonyl (C=O) groups is 14. The van der Waals surface area contributed by atoms with Crippen LogP contribution in [0.25, 0.3) is 0 Å². The lowest BCUT2D eigenvalue weighted by atomic mass is 9.89. The number of nitrogens with zero attached hydrogens (tertiary/aromatic N) is 5. The molecule has 33 heteroatoms. The summed E-state index contributed by atoms with van der Waals surface area (Å²) in [6.07, 6.45) is -0.663. The van der Waals surface area contributed by atoms with Gasteiger partial charge in [-0.05, 0) is 92.4 Å². The van der Waals surface area contributed by atoms with Crippen LogP contribution in [-0.2, 0) is 78.3 Å². The highest BCUT2D eigenvalue weighted by Gasteiger charge is 2.46. The molecule has 0 spiro atoms. The Balaban J connectivity index is 1.21. The van der Waals surface area contributed by atoms with E-state index in [0.717, 1.165) is 9.80 Å². The summed E-state index contributed by atoms with van der Waals surface area (Å²) in [6, 6.07) is 6.57. The number of unbranched alkanes of at least 4 members (excludes halogenated alkanes) is 2. The number of amides is 14. The molecule has 2 saturated heterocycles. The number of primary amides is 1. The standard InChI is InChI=1S/C77H117N13O20/c1-15-47(8)66(57(107-13)41-61(94)88-39-23-27-55(88)68(108-14)48(9)69(98)81-49(10)67(97)51-24-18-16-19-25-51)86(11)74(103)64(45(4)5)85-73(102)65(46(6)7)87(12)77(106)109-43-50-29-31-52(32-30-50)82-70(99)54(26-22-36-79-75(78)104)83-72(101)63(44(2)3)84-71(100)56-40-53(110-76(105)80-37-35-62(95)96)42-90(56)58(91)28-20-17-21-38-89-59(92)33-34-60(89)93/h16,18-19,24-25,29-34,44-49,53-57,63-68,97H,15,17,20-23,26-28,35-43H2,1-14H3,(H,80,105)(H,81,98)(H,82,99)(H,83,101)(H,84,100)(H,85,102)(H,95,96)(H3,78,79,104)/t47-,48+,49+,53+,54-,55-,56?,57+,63-,64-,65-,66-,67+,68+/m0/s1. The summed E-state index contributed by atoms with van der Waals surface area (Å²) in [4.78, 5) is 194. The van der Waals surface area contributed by atoms with Gasteiger partial charge in [0.1, 0.15) is 42.9 Å². The quantitative estimate of drug-likeness (QED) is 0.0328. The number of ether oxygens (including phenoxy) is 4. The van der Waals surface area contributed by atoms with Crippen molar-refractivity contribution in [2.45, 2.75) is 226 Å². The number of aliphatic hydroxyl groups is 1. The first-order valence-corrected chi connectivity index (χ1v) is 37.9. The van der Waals surface area contributed by atoms with Crippen LogP contribution in [0.3, 0.4) is 0 Å². The minimum absolute atomic E-state index is 0.0252. The molecule has 3 heterocycles. The van der Waals surface area contributed by atoms with Crippen molar-refractivity contribution in [1.29, 1.82) is 0 Å². The van der Waals surface area contributed by atoms with Crippen molar-refractivity contribution in [2.75, 3.05) is 66.4 Å². The number of aliphatic hydroxyl groups excluding tert-OH is 1. The van der Waals surface area contributed by atoms with Crippen molar-refractivity contribution in [3.05, 3.63) is 77.9 Å². The van der Waals surface area contributed by atoms with E-state index in [1.807, 2.05) is 19.9 Å². The van der Waals surface area contributed by atoms with E-state index in [0.29, 0.717) is 56.2 Å². The molecule has 11 N–H and O–H groups in total. The van der Waals surface area contributed by atoms with Crippen LogP contribution >= 0.6 is 0 Å². The lowest BCUT2D eigenvalue weighted by molar-refractivity contribution is -0.148. The molecule has 14 atom stereocenters. The molecular weight excluding hydrogens is 1430 g/mol. The molecule has 1 unspecified atom stereocenters. The second-order valence-electron chi connectivity index (χ2n) is 29.6. The predicted octanol–water partition coefficient (Wildman–Crippen LogP) is 4.25. The van der Waals surface area contributed by atoms with Gasteiger partial charge < -0.3 is 86.8 Å². The fraction of sp³-hybridized carbons (Fsp3) is 0.636. The van der Waals surface area contributed by atoms with E-state index in [4.69, 9.17) is 29.8 Å². The predicted molar refractivity (Wildman–Crippen MR) is 404 cm³/mol. The Morgan fingerprint density at radius 2 is 1.34 bits per heavy atom. The number of likely N-dealkylation sites (N-methyl/N-ethyl adjacent to an activating group) is 2. The monoisotopic (exact) mass is 1540 g/mol. The highest BCUT2D eigenvalue weighted by molar-refractivity contribution is 6.13. The van der Waals surface area contributed by atoms with Gasteiger partial charge in [-0.3, -0.25) is 62.5 Å². The number of urea groups is 1. The first-order valence-electron chi connectivity index (χ1n) is 37.9. The number of nitrogens with two attached hydrogens (primary N) is 1. The zero-order valence-corrected chi connectivity index (χ0v) is 66.0. The summed E-state index contributed by atoms with van der Waals surface area (Å²) < 4.78 is 23.3.